The summed E-state index contributed by atoms with van der Waals surface area (Å²) in [6.07, 6.45) is 6.38. The topological polar surface area (TPSA) is 12.0 Å². The van der Waals surface area contributed by atoms with E-state index < -0.39 is 0 Å². The number of hydrogen-bond donors (Lipinski definition) is 1. The lowest BCUT2D eigenvalue weighted by Gasteiger charge is -2.13. The number of hydrogen-bond acceptors (Lipinski definition) is 3. The van der Waals surface area contributed by atoms with Crippen LogP contribution < -0.4 is 5.32 Å². The van der Waals surface area contributed by atoms with Gasteiger partial charge in [0.05, 0.1) is 0 Å². The molecule has 0 saturated heterocycles. The molecule has 19 heavy (non-hydrogen) atoms. The van der Waals surface area contributed by atoms with Crippen LogP contribution >= 0.6 is 38.6 Å². The van der Waals surface area contributed by atoms with Crippen molar-refractivity contribution in [2.45, 2.75) is 38.1 Å². The Morgan fingerprint density at radius 1 is 1.37 bits per heavy atom. The van der Waals surface area contributed by atoms with Gasteiger partial charge in [-0.15, -0.1) is 22.7 Å². The molecule has 0 saturated carbocycles. The van der Waals surface area contributed by atoms with Crippen molar-refractivity contribution in [3.63, 3.8) is 0 Å². The van der Waals surface area contributed by atoms with E-state index in [1.54, 1.807) is 10.4 Å². The Kier molecular flexibility index (Phi) is 4.42. The number of nitrogens with one attached hydrogen (secondary N) is 1. The normalized spacial score (nSPS) is 16.3. The van der Waals surface area contributed by atoms with E-state index in [4.69, 9.17) is 0 Å². The summed E-state index contributed by atoms with van der Waals surface area (Å²) in [6.45, 7) is 0. The molecule has 1 nitrogen and oxygen atoms in total. The predicted octanol–water partition coefficient (Wildman–Crippen LogP) is 4.95. The molecule has 3 rings (SSSR count). The summed E-state index contributed by atoms with van der Waals surface area (Å²) in [6, 6.07) is 5.04. The third-order valence-corrected chi connectivity index (χ3v) is 7.09. The van der Waals surface area contributed by atoms with Gasteiger partial charge in [0, 0.05) is 31.6 Å². The maximum absolute atomic E-state index is 3.64. The third-order valence-electron chi connectivity index (χ3n) is 3.79. The van der Waals surface area contributed by atoms with E-state index in [2.05, 4.69) is 45.8 Å². The molecule has 4 heteroatoms. The van der Waals surface area contributed by atoms with Crippen molar-refractivity contribution in [1.29, 1.82) is 0 Å². The Bertz CT molecular complexity index is 535. The standard InChI is InChI=1S/C15H18BrNS2/c1-17-12(9-14-11(16)6-7-18-14)15-8-10-4-2-3-5-13(10)19-15/h6-8,12,17H,2-5,9H2,1H3. The van der Waals surface area contributed by atoms with Gasteiger partial charge in [-0.2, -0.15) is 0 Å². The number of aryl methyl sites for hydroxylation is 2. The van der Waals surface area contributed by atoms with E-state index in [9.17, 15) is 0 Å². The molecule has 1 atom stereocenters. The third kappa shape index (κ3) is 2.97. The molecular weight excluding hydrogens is 338 g/mol. The van der Waals surface area contributed by atoms with E-state index in [0.717, 1.165) is 6.42 Å². The highest BCUT2D eigenvalue weighted by molar-refractivity contribution is 9.10. The van der Waals surface area contributed by atoms with Gasteiger partial charge in [-0.25, -0.2) is 0 Å². The SMILES string of the molecule is CNC(Cc1sccc1Br)c1cc2c(s1)CCCC2. The van der Waals surface area contributed by atoms with Gasteiger partial charge in [-0.3, -0.25) is 0 Å². The summed E-state index contributed by atoms with van der Waals surface area (Å²) < 4.78 is 1.25. The van der Waals surface area contributed by atoms with Gasteiger partial charge < -0.3 is 5.32 Å². The smallest absolute Gasteiger partial charge is 0.0461 e. The van der Waals surface area contributed by atoms with Crippen LogP contribution in [0.15, 0.2) is 22.0 Å². The second-order valence-corrected chi connectivity index (χ2v) is 8.06. The fraction of sp³-hybridized carbons (Fsp3) is 0.467. The van der Waals surface area contributed by atoms with Crippen molar-refractivity contribution < 1.29 is 0 Å². The summed E-state index contributed by atoms with van der Waals surface area (Å²) in [7, 11) is 2.07. The minimum Gasteiger partial charge on any atom is -0.312 e. The number of halogens is 1. The molecular formula is C15H18BrNS2. The minimum atomic E-state index is 0.450. The first-order chi connectivity index (χ1) is 9.28. The van der Waals surface area contributed by atoms with Crippen LogP contribution in [-0.2, 0) is 19.3 Å². The minimum absolute atomic E-state index is 0.450. The zero-order valence-electron chi connectivity index (χ0n) is 11.0. The van der Waals surface area contributed by atoms with Gasteiger partial charge in [0.1, 0.15) is 0 Å². The van der Waals surface area contributed by atoms with Gasteiger partial charge in [0.2, 0.25) is 0 Å². The highest BCUT2D eigenvalue weighted by Crippen LogP contribution is 2.35. The van der Waals surface area contributed by atoms with E-state index >= 15 is 0 Å². The van der Waals surface area contributed by atoms with Crippen LogP contribution in [0.4, 0.5) is 0 Å². The van der Waals surface area contributed by atoms with Crippen molar-refractivity contribution in [3.05, 3.63) is 42.2 Å². The van der Waals surface area contributed by atoms with Crippen molar-refractivity contribution in [3.8, 4) is 0 Å². The van der Waals surface area contributed by atoms with E-state index in [-0.39, 0.29) is 0 Å². The number of rotatable bonds is 4. The van der Waals surface area contributed by atoms with Crippen molar-refractivity contribution in [2.75, 3.05) is 7.05 Å². The lowest BCUT2D eigenvalue weighted by Crippen LogP contribution is -2.17. The van der Waals surface area contributed by atoms with Gasteiger partial charge in [-0.1, -0.05) is 0 Å². The molecule has 1 N–H and O–H groups in total. The fourth-order valence-electron chi connectivity index (χ4n) is 2.69. The van der Waals surface area contributed by atoms with E-state index in [1.807, 2.05) is 22.7 Å². The molecule has 0 amide bonds. The first kappa shape index (κ1) is 13.8. The molecule has 1 unspecified atom stereocenters. The van der Waals surface area contributed by atoms with E-state index in [1.165, 1.54) is 39.9 Å². The van der Waals surface area contributed by atoms with E-state index in [0.29, 0.717) is 6.04 Å². The summed E-state index contributed by atoms with van der Waals surface area (Å²) in [5.74, 6) is 0. The predicted molar refractivity (Wildman–Crippen MR) is 88.5 cm³/mol. The highest BCUT2D eigenvalue weighted by Gasteiger charge is 2.19. The van der Waals surface area contributed by atoms with Crippen LogP contribution in [0.1, 0.15) is 39.1 Å². The zero-order chi connectivity index (χ0) is 13.2. The Balaban J connectivity index is 1.82. The van der Waals surface area contributed by atoms with Crippen LogP contribution in [0.25, 0.3) is 0 Å². The van der Waals surface area contributed by atoms with Crippen LogP contribution in [0.3, 0.4) is 0 Å². The Labute approximate surface area is 131 Å². The molecule has 2 heterocycles. The Morgan fingerprint density at radius 2 is 2.21 bits per heavy atom. The zero-order valence-corrected chi connectivity index (χ0v) is 14.3. The fourth-order valence-corrected chi connectivity index (χ4v) is 5.62. The lowest BCUT2D eigenvalue weighted by molar-refractivity contribution is 0.605. The number of fused-ring (bicyclic) bond motifs is 1. The Morgan fingerprint density at radius 3 is 2.89 bits per heavy atom. The maximum atomic E-state index is 3.64. The van der Waals surface area contributed by atoms with Crippen LogP contribution in [0.5, 0.6) is 0 Å². The van der Waals surface area contributed by atoms with Gasteiger partial charge in [0.25, 0.3) is 0 Å². The molecule has 1 aliphatic carbocycles. The molecule has 0 spiro atoms. The summed E-state index contributed by atoms with van der Waals surface area (Å²) in [5, 5.41) is 5.65. The monoisotopic (exact) mass is 355 g/mol. The summed E-state index contributed by atoms with van der Waals surface area (Å²) in [5.41, 5.74) is 1.61. The average Bonchev–Trinajstić information content (AvgIpc) is 3.02. The summed E-state index contributed by atoms with van der Waals surface area (Å²) in [4.78, 5) is 4.58. The summed E-state index contributed by atoms with van der Waals surface area (Å²) >= 11 is 7.50. The molecule has 0 radical (unpaired) electrons. The first-order valence-corrected chi connectivity index (χ1v) is 9.27. The second-order valence-electron chi connectivity index (χ2n) is 5.04. The molecule has 2 aromatic rings. The maximum Gasteiger partial charge on any atom is 0.0461 e. The van der Waals surface area contributed by atoms with Crippen LogP contribution in [0.2, 0.25) is 0 Å². The van der Waals surface area contributed by atoms with Gasteiger partial charge >= 0.3 is 0 Å². The Hall–Kier alpha value is -0.160. The van der Waals surface area contributed by atoms with Crippen LogP contribution in [0, 0.1) is 0 Å². The van der Waals surface area contributed by atoms with Gasteiger partial charge in [0.15, 0.2) is 0 Å². The van der Waals surface area contributed by atoms with Crippen molar-refractivity contribution >= 4 is 38.6 Å². The second kappa shape index (κ2) is 6.08. The molecule has 0 aliphatic heterocycles. The number of likely N-dealkylation sites (N-methyl/N-ethyl adjacent to an activating group) is 1. The van der Waals surface area contributed by atoms with Crippen LogP contribution in [-0.4, -0.2) is 7.05 Å². The molecule has 2 aromatic heterocycles. The molecule has 0 aromatic carbocycles. The van der Waals surface area contributed by atoms with Crippen molar-refractivity contribution in [1.82, 2.24) is 5.32 Å². The van der Waals surface area contributed by atoms with Crippen molar-refractivity contribution in [2.24, 2.45) is 0 Å². The quantitative estimate of drug-likeness (QED) is 0.817. The largest absolute Gasteiger partial charge is 0.312 e. The molecule has 0 bridgehead atoms. The first-order valence-electron chi connectivity index (χ1n) is 6.78. The average molecular weight is 356 g/mol. The highest BCUT2D eigenvalue weighted by atomic mass is 79.9. The molecule has 102 valence electrons. The van der Waals surface area contributed by atoms with Gasteiger partial charge in [-0.05, 0) is 71.7 Å². The molecule has 0 fully saturated rings. The number of thiophene rings is 2. The molecule has 1 aliphatic rings. The lowest BCUT2D eigenvalue weighted by atomic mass is 9.98.